The molecule has 0 amide bonds. The van der Waals surface area contributed by atoms with Gasteiger partial charge in [0.05, 0.1) is 21.6 Å². The summed E-state index contributed by atoms with van der Waals surface area (Å²) < 4.78 is 36.7. The Morgan fingerprint density at radius 1 is 1.29 bits per heavy atom. The van der Waals surface area contributed by atoms with Crippen LogP contribution in [0.1, 0.15) is 5.56 Å². The third kappa shape index (κ3) is 2.96. The zero-order chi connectivity index (χ0) is 17.3. The lowest BCUT2D eigenvalue weighted by atomic mass is 10.2. The summed E-state index contributed by atoms with van der Waals surface area (Å²) in [6, 6.07) is 5.00. The Morgan fingerprint density at radius 2 is 2.08 bits per heavy atom. The van der Waals surface area contributed by atoms with Gasteiger partial charge >= 0.3 is 0 Å². The number of sulfonamides is 1. The Bertz CT molecular complexity index is 993. The van der Waals surface area contributed by atoms with Crippen molar-refractivity contribution in [3.8, 4) is 11.5 Å². The molecule has 3 aromatic rings. The van der Waals surface area contributed by atoms with Crippen molar-refractivity contribution >= 4 is 21.7 Å². The third-order valence-corrected chi connectivity index (χ3v) is 4.57. The normalized spacial score (nSPS) is 11.4. The number of non-ortho nitro benzene ring substituents is 1. The van der Waals surface area contributed by atoms with E-state index in [2.05, 4.69) is 14.9 Å². The van der Waals surface area contributed by atoms with Crippen molar-refractivity contribution in [3.05, 3.63) is 52.5 Å². The monoisotopic (exact) mass is 350 g/mol. The maximum Gasteiger partial charge on any atom is 0.277 e. The van der Waals surface area contributed by atoms with Gasteiger partial charge in [-0.3, -0.25) is 10.1 Å². The van der Waals surface area contributed by atoms with E-state index in [1.807, 2.05) is 0 Å². The first kappa shape index (κ1) is 15.7. The Balaban J connectivity index is 1.88. The molecule has 0 radical (unpaired) electrons. The fourth-order valence-electron chi connectivity index (χ4n) is 1.99. The van der Waals surface area contributed by atoms with Crippen molar-refractivity contribution in [1.82, 2.24) is 10.1 Å². The molecule has 0 aliphatic heterocycles. The van der Waals surface area contributed by atoms with Gasteiger partial charge in [-0.25, -0.2) is 13.1 Å². The highest BCUT2D eigenvalue weighted by Crippen LogP contribution is 2.24. The van der Waals surface area contributed by atoms with Gasteiger partial charge in [0.15, 0.2) is 0 Å². The first-order chi connectivity index (χ1) is 11.4. The highest BCUT2D eigenvalue weighted by atomic mass is 32.2. The van der Waals surface area contributed by atoms with E-state index in [0.29, 0.717) is 5.56 Å². The molecule has 0 fully saturated rings. The number of hydrogen-bond donors (Lipinski definition) is 1. The quantitative estimate of drug-likeness (QED) is 0.546. The third-order valence-electron chi connectivity index (χ3n) is 3.08. The maximum atomic E-state index is 12.4. The summed E-state index contributed by atoms with van der Waals surface area (Å²) in [5.74, 6) is -0.175. The molecule has 0 saturated carbocycles. The van der Waals surface area contributed by atoms with Gasteiger partial charge in [0.2, 0.25) is 0 Å². The zero-order valence-electron chi connectivity index (χ0n) is 12.2. The first-order valence-electron chi connectivity index (χ1n) is 6.51. The van der Waals surface area contributed by atoms with Gasteiger partial charge in [-0.05, 0) is 29.8 Å². The van der Waals surface area contributed by atoms with Gasteiger partial charge < -0.3 is 8.94 Å². The molecule has 24 heavy (non-hydrogen) atoms. The molecule has 0 spiro atoms. The van der Waals surface area contributed by atoms with E-state index in [-0.39, 0.29) is 28.0 Å². The molecular formula is C13H10N4O6S. The fraction of sp³-hybridized carbons (Fsp3) is 0.0769. The molecule has 0 atom stereocenters. The van der Waals surface area contributed by atoms with E-state index in [9.17, 15) is 18.5 Å². The van der Waals surface area contributed by atoms with E-state index in [1.165, 1.54) is 25.5 Å². The molecule has 0 saturated heterocycles. The summed E-state index contributed by atoms with van der Waals surface area (Å²) in [7, 11) is -4.02. The highest BCUT2D eigenvalue weighted by molar-refractivity contribution is 7.92. The van der Waals surface area contributed by atoms with Crippen molar-refractivity contribution in [1.29, 1.82) is 0 Å². The number of nitrogens with one attached hydrogen (secondary N) is 1. The van der Waals surface area contributed by atoms with Crippen LogP contribution < -0.4 is 4.72 Å². The predicted octanol–water partition coefficient (Wildman–Crippen LogP) is 2.35. The molecule has 0 unspecified atom stereocenters. The summed E-state index contributed by atoms with van der Waals surface area (Å²) >= 11 is 0. The van der Waals surface area contributed by atoms with E-state index in [1.54, 1.807) is 6.07 Å². The number of anilines is 1. The standard InChI is InChI=1S/C13H10N4O6S/c1-8-6-10(17(18)19)2-3-11(8)24(20,21)16-13-14-12(23-15-13)9-4-5-22-7-9/h2-7H,1H3,(H,15,16). The minimum atomic E-state index is -4.02. The van der Waals surface area contributed by atoms with E-state index in [4.69, 9.17) is 8.94 Å². The van der Waals surface area contributed by atoms with Crippen molar-refractivity contribution in [3.63, 3.8) is 0 Å². The van der Waals surface area contributed by atoms with Crippen LogP contribution in [0.3, 0.4) is 0 Å². The van der Waals surface area contributed by atoms with E-state index in [0.717, 1.165) is 12.1 Å². The molecular weight excluding hydrogens is 340 g/mol. The second-order valence-electron chi connectivity index (χ2n) is 4.75. The van der Waals surface area contributed by atoms with Crippen LogP contribution in [0, 0.1) is 17.0 Å². The van der Waals surface area contributed by atoms with Crippen molar-refractivity contribution < 1.29 is 22.3 Å². The minimum Gasteiger partial charge on any atom is -0.472 e. The molecule has 1 aromatic carbocycles. The Hall–Kier alpha value is -3.21. The van der Waals surface area contributed by atoms with Crippen LogP contribution in [0.2, 0.25) is 0 Å². The lowest BCUT2D eigenvalue weighted by Gasteiger charge is -2.07. The van der Waals surface area contributed by atoms with Crippen molar-refractivity contribution in [2.45, 2.75) is 11.8 Å². The van der Waals surface area contributed by atoms with Crippen LogP contribution in [0.5, 0.6) is 0 Å². The van der Waals surface area contributed by atoms with E-state index >= 15 is 0 Å². The van der Waals surface area contributed by atoms with Gasteiger partial charge in [-0.2, -0.15) is 4.98 Å². The summed E-state index contributed by atoms with van der Waals surface area (Å²) in [4.78, 5) is 13.9. The lowest BCUT2D eigenvalue weighted by Crippen LogP contribution is -2.15. The van der Waals surface area contributed by atoms with Crippen LogP contribution in [0.15, 0.2) is 50.6 Å². The van der Waals surface area contributed by atoms with Gasteiger partial charge in [-0.1, -0.05) is 0 Å². The second kappa shape index (κ2) is 5.77. The molecule has 0 bridgehead atoms. The van der Waals surface area contributed by atoms with Crippen LogP contribution >= 0.6 is 0 Å². The Labute approximate surface area is 135 Å². The number of nitro benzene ring substituents is 1. The average molecular weight is 350 g/mol. The van der Waals surface area contributed by atoms with Gasteiger partial charge in [0, 0.05) is 12.1 Å². The molecule has 11 heteroatoms. The number of furan rings is 1. The van der Waals surface area contributed by atoms with E-state index < -0.39 is 14.9 Å². The second-order valence-corrected chi connectivity index (χ2v) is 6.40. The molecule has 2 heterocycles. The number of aromatic nitrogens is 2. The molecule has 1 N–H and O–H groups in total. The van der Waals surface area contributed by atoms with Crippen LogP contribution in [-0.4, -0.2) is 23.5 Å². The topological polar surface area (TPSA) is 141 Å². The van der Waals surface area contributed by atoms with Gasteiger partial charge in [0.1, 0.15) is 6.26 Å². The molecule has 3 rings (SSSR count). The highest BCUT2D eigenvalue weighted by Gasteiger charge is 2.22. The Kier molecular flexibility index (Phi) is 3.77. The molecule has 0 aliphatic carbocycles. The van der Waals surface area contributed by atoms with Crippen LogP contribution in [-0.2, 0) is 10.0 Å². The summed E-state index contributed by atoms with van der Waals surface area (Å²) in [5, 5.41) is 14.3. The zero-order valence-corrected chi connectivity index (χ0v) is 13.0. The summed E-state index contributed by atoms with van der Waals surface area (Å²) in [6.45, 7) is 1.45. The van der Waals surface area contributed by atoms with Gasteiger partial charge in [-0.15, -0.1) is 0 Å². The van der Waals surface area contributed by atoms with Crippen LogP contribution in [0.4, 0.5) is 11.6 Å². The smallest absolute Gasteiger partial charge is 0.277 e. The summed E-state index contributed by atoms with van der Waals surface area (Å²) in [5.41, 5.74) is 0.517. The van der Waals surface area contributed by atoms with Crippen molar-refractivity contribution in [2.24, 2.45) is 0 Å². The predicted molar refractivity (Wildman–Crippen MR) is 80.6 cm³/mol. The van der Waals surface area contributed by atoms with Gasteiger partial charge in [0.25, 0.3) is 27.5 Å². The average Bonchev–Trinajstić information content (AvgIpc) is 3.17. The van der Waals surface area contributed by atoms with Crippen LogP contribution in [0.25, 0.3) is 11.5 Å². The van der Waals surface area contributed by atoms with Crippen molar-refractivity contribution in [2.75, 3.05) is 4.72 Å². The fourth-order valence-corrected chi connectivity index (χ4v) is 3.16. The number of nitrogens with zero attached hydrogens (tertiary/aromatic N) is 3. The lowest BCUT2D eigenvalue weighted by molar-refractivity contribution is -0.385. The minimum absolute atomic E-state index is 0.0851. The number of benzene rings is 1. The maximum absolute atomic E-state index is 12.4. The largest absolute Gasteiger partial charge is 0.472 e. The molecule has 2 aromatic heterocycles. The SMILES string of the molecule is Cc1cc([N+](=O)[O-])ccc1S(=O)(=O)Nc1noc(-c2ccoc2)n1. The number of aryl methyl sites for hydroxylation is 1. The number of hydrogen-bond acceptors (Lipinski definition) is 8. The number of rotatable bonds is 5. The number of nitro groups is 1. The molecule has 124 valence electrons. The molecule has 10 nitrogen and oxygen atoms in total. The summed E-state index contributed by atoms with van der Waals surface area (Å²) in [6.07, 6.45) is 2.77. The Morgan fingerprint density at radius 3 is 2.71 bits per heavy atom. The molecule has 0 aliphatic rings. The first-order valence-corrected chi connectivity index (χ1v) is 7.99.